The van der Waals surface area contributed by atoms with Crippen molar-refractivity contribution in [3.63, 3.8) is 0 Å². The van der Waals surface area contributed by atoms with E-state index < -0.39 is 0 Å². The minimum absolute atomic E-state index is 0.307. The van der Waals surface area contributed by atoms with E-state index in [2.05, 4.69) is 60.7 Å². The summed E-state index contributed by atoms with van der Waals surface area (Å²) in [5.74, 6) is 0.425. The van der Waals surface area contributed by atoms with Crippen molar-refractivity contribution in [1.82, 2.24) is 10.4 Å². The van der Waals surface area contributed by atoms with Crippen LogP contribution in [0, 0.1) is 7.14 Å². The first-order valence-electron chi connectivity index (χ1n) is 5.88. The normalized spacial score (nSPS) is 10.6. The number of amides is 1. The molecule has 5 nitrogen and oxygen atoms in total. The van der Waals surface area contributed by atoms with E-state index in [1.807, 2.05) is 12.1 Å². The predicted molar refractivity (Wildman–Crippen MR) is 97.7 cm³/mol. The maximum atomic E-state index is 11.8. The maximum absolute atomic E-state index is 11.8. The van der Waals surface area contributed by atoms with Crippen LogP contribution in [0.3, 0.4) is 0 Å². The number of benzene rings is 1. The summed E-state index contributed by atoms with van der Waals surface area (Å²) >= 11 is 4.42. The lowest BCUT2D eigenvalue weighted by molar-refractivity contribution is 0.0955. The molecule has 0 radical (unpaired) electrons. The zero-order valence-electron chi connectivity index (χ0n) is 11.0. The Morgan fingerprint density at radius 3 is 2.90 bits per heavy atom. The smallest absolute Gasteiger partial charge is 0.272 e. The van der Waals surface area contributed by atoms with Crippen molar-refractivity contribution < 1.29 is 9.53 Å². The Bertz CT molecular complexity index is 675. The number of carbonyl (C=O) groups excluding carboxylic acids is 1. The van der Waals surface area contributed by atoms with Crippen LogP contribution >= 0.6 is 45.2 Å². The number of rotatable bonds is 4. The van der Waals surface area contributed by atoms with Crippen molar-refractivity contribution in [1.29, 1.82) is 0 Å². The van der Waals surface area contributed by atoms with Gasteiger partial charge < -0.3 is 4.74 Å². The van der Waals surface area contributed by atoms with Crippen LogP contribution in [0.2, 0.25) is 0 Å². The molecule has 0 bridgehead atoms. The lowest BCUT2D eigenvalue weighted by Crippen LogP contribution is -2.17. The summed E-state index contributed by atoms with van der Waals surface area (Å²) in [4.78, 5) is 15.7. The molecule has 1 N–H and O–H groups in total. The van der Waals surface area contributed by atoms with E-state index in [1.54, 1.807) is 31.7 Å². The fraction of sp³-hybridized carbons (Fsp3) is 0.0714. The molecule has 2 aromatic rings. The fourth-order valence-corrected chi connectivity index (χ4v) is 3.72. The number of nitrogens with zero attached hydrogens (tertiary/aromatic N) is 2. The van der Waals surface area contributed by atoms with Crippen LogP contribution in [-0.4, -0.2) is 24.2 Å². The third-order valence-corrected chi connectivity index (χ3v) is 3.96. The van der Waals surface area contributed by atoms with Crippen molar-refractivity contribution in [2.75, 3.05) is 7.11 Å². The molecular weight excluding hydrogens is 496 g/mol. The number of hydrazone groups is 1. The minimum Gasteiger partial charge on any atom is -0.495 e. The first-order chi connectivity index (χ1) is 10.1. The molecule has 0 saturated carbocycles. The molecule has 1 aromatic heterocycles. The van der Waals surface area contributed by atoms with Crippen LogP contribution in [-0.2, 0) is 0 Å². The Hall–Kier alpha value is -1.23. The van der Waals surface area contributed by atoms with E-state index in [0.717, 1.165) is 18.5 Å². The van der Waals surface area contributed by atoms with Gasteiger partial charge in [-0.25, -0.2) is 5.43 Å². The van der Waals surface area contributed by atoms with Gasteiger partial charge in [-0.15, -0.1) is 0 Å². The van der Waals surface area contributed by atoms with Crippen molar-refractivity contribution in [3.05, 3.63) is 54.9 Å². The van der Waals surface area contributed by atoms with Gasteiger partial charge in [-0.2, -0.15) is 5.10 Å². The Morgan fingerprint density at radius 1 is 1.43 bits per heavy atom. The number of hydrogen-bond acceptors (Lipinski definition) is 4. The Labute approximate surface area is 149 Å². The van der Waals surface area contributed by atoms with Crippen LogP contribution in [0.15, 0.2) is 41.8 Å². The van der Waals surface area contributed by atoms with Gasteiger partial charge in [-0.05, 0) is 69.4 Å². The van der Waals surface area contributed by atoms with Crippen LogP contribution in [0.25, 0.3) is 0 Å². The molecule has 108 valence electrons. The molecular formula is C14H11I2N3O2. The molecule has 1 amide bonds. The number of halogens is 2. The molecule has 0 aliphatic carbocycles. The molecule has 2 rings (SSSR count). The number of carbonyl (C=O) groups is 1. The summed E-state index contributed by atoms with van der Waals surface area (Å²) in [7, 11) is 1.61. The second-order valence-corrected chi connectivity index (χ2v) is 6.36. The number of nitrogens with one attached hydrogen (secondary N) is 1. The van der Waals surface area contributed by atoms with Crippen molar-refractivity contribution in [2.45, 2.75) is 0 Å². The van der Waals surface area contributed by atoms with Gasteiger partial charge >= 0.3 is 0 Å². The summed E-state index contributed by atoms with van der Waals surface area (Å²) < 4.78 is 7.40. The van der Waals surface area contributed by atoms with Gasteiger partial charge in [-0.3, -0.25) is 9.78 Å². The lowest BCUT2D eigenvalue weighted by atomic mass is 10.2. The number of ether oxygens (including phenoxy) is 1. The highest BCUT2D eigenvalue weighted by Crippen LogP contribution is 2.26. The highest BCUT2D eigenvalue weighted by molar-refractivity contribution is 14.1. The van der Waals surface area contributed by atoms with Crippen molar-refractivity contribution in [2.24, 2.45) is 5.10 Å². The Kier molecular flexibility index (Phi) is 5.91. The van der Waals surface area contributed by atoms with E-state index in [-0.39, 0.29) is 5.91 Å². The SMILES string of the molecule is COc1c(I)cc(I)cc1/C=N/NC(=O)c1cccnc1. The lowest BCUT2D eigenvalue weighted by Gasteiger charge is -2.07. The van der Waals surface area contributed by atoms with Gasteiger partial charge in [-0.1, -0.05) is 0 Å². The van der Waals surface area contributed by atoms with Crippen LogP contribution < -0.4 is 10.2 Å². The van der Waals surface area contributed by atoms with E-state index in [4.69, 9.17) is 4.74 Å². The third kappa shape index (κ3) is 4.37. The molecule has 0 saturated heterocycles. The standard InChI is InChI=1S/C14H11I2N3O2/c1-21-13-10(5-11(15)6-12(13)16)8-18-19-14(20)9-3-2-4-17-7-9/h2-8H,1H3,(H,19,20)/b18-8+. The fourth-order valence-electron chi connectivity index (χ4n) is 1.61. The summed E-state index contributed by atoms with van der Waals surface area (Å²) in [6.07, 6.45) is 4.66. The van der Waals surface area contributed by atoms with Gasteiger partial charge in [0.1, 0.15) is 5.75 Å². The molecule has 1 heterocycles. The quantitative estimate of drug-likeness (QED) is 0.394. The van der Waals surface area contributed by atoms with Crippen LogP contribution in [0.4, 0.5) is 0 Å². The van der Waals surface area contributed by atoms with Crippen LogP contribution in [0.5, 0.6) is 5.75 Å². The first kappa shape index (κ1) is 16.1. The number of methoxy groups -OCH3 is 1. The Balaban J connectivity index is 2.13. The second kappa shape index (κ2) is 7.69. The minimum atomic E-state index is -0.307. The second-order valence-electron chi connectivity index (χ2n) is 3.95. The number of hydrogen-bond donors (Lipinski definition) is 1. The summed E-state index contributed by atoms with van der Waals surface area (Å²) in [5.41, 5.74) is 3.73. The Morgan fingerprint density at radius 2 is 2.24 bits per heavy atom. The molecule has 1 aromatic carbocycles. The first-order valence-corrected chi connectivity index (χ1v) is 8.04. The highest BCUT2D eigenvalue weighted by Gasteiger charge is 2.08. The summed E-state index contributed by atoms with van der Waals surface area (Å²) in [6.45, 7) is 0. The number of aromatic nitrogens is 1. The van der Waals surface area contributed by atoms with Gasteiger partial charge in [0, 0.05) is 21.5 Å². The topological polar surface area (TPSA) is 63.6 Å². The van der Waals surface area contributed by atoms with E-state index >= 15 is 0 Å². The molecule has 0 aliphatic rings. The molecule has 0 spiro atoms. The summed E-state index contributed by atoms with van der Waals surface area (Å²) in [5, 5.41) is 3.97. The summed E-state index contributed by atoms with van der Waals surface area (Å²) in [6, 6.07) is 7.31. The predicted octanol–water partition coefficient (Wildman–Crippen LogP) is 3.06. The van der Waals surface area contributed by atoms with Gasteiger partial charge in [0.25, 0.3) is 5.91 Å². The maximum Gasteiger partial charge on any atom is 0.272 e. The van der Waals surface area contributed by atoms with E-state index in [0.29, 0.717) is 5.56 Å². The van der Waals surface area contributed by atoms with Gasteiger partial charge in [0.05, 0.1) is 22.5 Å². The van der Waals surface area contributed by atoms with E-state index in [9.17, 15) is 4.79 Å². The molecule has 0 aliphatic heterocycles. The molecule has 0 atom stereocenters. The largest absolute Gasteiger partial charge is 0.495 e. The van der Waals surface area contributed by atoms with Gasteiger partial charge in [0.2, 0.25) is 0 Å². The average molecular weight is 507 g/mol. The van der Waals surface area contributed by atoms with E-state index in [1.165, 1.54) is 6.20 Å². The molecule has 0 fully saturated rings. The van der Waals surface area contributed by atoms with Crippen molar-refractivity contribution >= 4 is 57.3 Å². The molecule has 21 heavy (non-hydrogen) atoms. The van der Waals surface area contributed by atoms with Gasteiger partial charge in [0.15, 0.2) is 0 Å². The average Bonchev–Trinajstić information content (AvgIpc) is 2.47. The molecule has 7 heteroatoms. The number of pyridine rings is 1. The zero-order chi connectivity index (χ0) is 15.2. The van der Waals surface area contributed by atoms with Crippen molar-refractivity contribution in [3.8, 4) is 5.75 Å². The third-order valence-electron chi connectivity index (χ3n) is 2.53. The molecule has 0 unspecified atom stereocenters. The monoisotopic (exact) mass is 507 g/mol. The zero-order valence-corrected chi connectivity index (χ0v) is 15.3. The van der Waals surface area contributed by atoms with Crippen LogP contribution in [0.1, 0.15) is 15.9 Å². The highest BCUT2D eigenvalue weighted by atomic mass is 127.